The lowest BCUT2D eigenvalue weighted by Gasteiger charge is -1.87. The normalized spacial score (nSPS) is 10.5. The van der Waals surface area contributed by atoms with E-state index in [9.17, 15) is 0 Å². The molecule has 0 heterocycles. The van der Waals surface area contributed by atoms with E-state index >= 15 is 0 Å². The van der Waals surface area contributed by atoms with E-state index in [0.717, 1.165) is 12.8 Å². The largest absolute Gasteiger partial charge is 0.103 e. The maximum Gasteiger partial charge on any atom is -0.0144 e. The Morgan fingerprint density at radius 2 is 1.77 bits per heavy atom. The molecule has 0 bridgehead atoms. The Morgan fingerprint density at radius 1 is 1.15 bits per heavy atom. The lowest BCUT2D eigenvalue weighted by atomic mass is 10.2. The highest BCUT2D eigenvalue weighted by Crippen LogP contribution is 1.97. The summed E-state index contributed by atoms with van der Waals surface area (Å²) in [4.78, 5) is 0. The SMILES string of the molecule is C=CC/C(C)=C/C.C=CC/C=C/C. The van der Waals surface area contributed by atoms with Crippen molar-refractivity contribution in [2.24, 2.45) is 0 Å². The first kappa shape index (κ1) is 14.5. The second kappa shape index (κ2) is 13.5. The molecule has 0 amide bonds. The highest BCUT2D eigenvalue weighted by atomic mass is 13.8. The van der Waals surface area contributed by atoms with Crippen molar-refractivity contribution >= 4 is 0 Å². The fourth-order valence-electron chi connectivity index (χ4n) is 0.578. The highest BCUT2D eigenvalue weighted by molar-refractivity contribution is 5.00. The van der Waals surface area contributed by atoms with Crippen LogP contribution in [0.2, 0.25) is 0 Å². The molecule has 0 unspecified atom stereocenters. The van der Waals surface area contributed by atoms with E-state index in [2.05, 4.69) is 32.2 Å². The van der Waals surface area contributed by atoms with Gasteiger partial charge in [-0.25, -0.2) is 0 Å². The summed E-state index contributed by atoms with van der Waals surface area (Å²) in [6, 6.07) is 0. The number of rotatable bonds is 4. The van der Waals surface area contributed by atoms with Gasteiger partial charge in [-0.05, 0) is 33.6 Å². The quantitative estimate of drug-likeness (QED) is 0.549. The zero-order valence-electron chi connectivity index (χ0n) is 9.22. The Morgan fingerprint density at radius 3 is 1.92 bits per heavy atom. The van der Waals surface area contributed by atoms with Crippen LogP contribution in [0.1, 0.15) is 33.6 Å². The molecule has 74 valence electrons. The standard InChI is InChI=1S/C7H12.C6H10/c1-4-6-7(3)5-2;1-3-5-6-4-2/h4-5H,1,6H2,2-3H3;3-4,6H,1,5H2,2H3/b7-5+;6-4+. The van der Waals surface area contributed by atoms with Crippen molar-refractivity contribution in [2.75, 3.05) is 0 Å². The average molecular weight is 178 g/mol. The molecule has 0 atom stereocenters. The van der Waals surface area contributed by atoms with E-state index in [-0.39, 0.29) is 0 Å². The molecule has 0 aromatic carbocycles. The molecule has 0 aliphatic heterocycles. The maximum atomic E-state index is 3.61. The third-order valence-electron chi connectivity index (χ3n) is 1.50. The highest BCUT2D eigenvalue weighted by Gasteiger charge is 1.76. The van der Waals surface area contributed by atoms with Gasteiger partial charge in [-0.2, -0.15) is 0 Å². The monoisotopic (exact) mass is 178 g/mol. The summed E-state index contributed by atoms with van der Waals surface area (Å²) in [5.41, 5.74) is 1.38. The molecule has 0 heteroatoms. The van der Waals surface area contributed by atoms with Crippen molar-refractivity contribution in [1.82, 2.24) is 0 Å². The van der Waals surface area contributed by atoms with Gasteiger partial charge < -0.3 is 0 Å². The molecule has 0 aliphatic carbocycles. The van der Waals surface area contributed by atoms with Crippen molar-refractivity contribution in [3.05, 3.63) is 49.1 Å². The zero-order valence-corrected chi connectivity index (χ0v) is 9.22. The summed E-state index contributed by atoms with van der Waals surface area (Å²) in [5.74, 6) is 0. The van der Waals surface area contributed by atoms with Crippen LogP contribution in [-0.2, 0) is 0 Å². The van der Waals surface area contributed by atoms with E-state index in [1.54, 1.807) is 0 Å². The van der Waals surface area contributed by atoms with Crippen molar-refractivity contribution in [3.63, 3.8) is 0 Å². The Bertz CT molecular complexity index is 170. The number of hydrogen-bond donors (Lipinski definition) is 0. The molecule has 0 aliphatic rings. The van der Waals surface area contributed by atoms with Gasteiger partial charge in [0.1, 0.15) is 0 Å². The van der Waals surface area contributed by atoms with Crippen LogP contribution in [0.4, 0.5) is 0 Å². The molecule has 0 rings (SSSR count). The third-order valence-corrected chi connectivity index (χ3v) is 1.50. The van der Waals surface area contributed by atoms with Gasteiger partial charge in [0.25, 0.3) is 0 Å². The molecule has 0 N–H and O–H groups in total. The molecule has 0 fully saturated rings. The van der Waals surface area contributed by atoms with Crippen LogP contribution in [0.3, 0.4) is 0 Å². The summed E-state index contributed by atoms with van der Waals surface area (Å²) in [5, 5.41) is 0. The van der Waals surface area contributed by atoms with E-state index in [0.29, 0.717) is 0 Å². The first-order chi connectivity index (χ1) is 6.22. The molecule has 0 nitrogen and oxygen atoms in total. The molecule has 0 saturated carbocycles. The second-order valence-electron chi connectivity index (χ2n) is 2.72. The lowest BCUT2D eigenvalue weighted by molar-refractivity contribution is 1.20. The fraction of sp³-hybridized carbons (Fsp3) is 0.385. The minimum atomic E-state index is 0.997. The zero-order chi connectivity index (χ0) is 10.5. The molecule has 0 radical (unpaired) electrons. The van der Waals surface area contributed by atoms with E-state index < -0.39 is 0 Å². The van der Waals surface area contributed by atoms with Crippen molar-refractivity contribution < 1.29 is 0 Å². The second-order valence-corrected chi connectivity index (χ2v) is 2.72. The van der Waals surface area contributed by atoms with Crippen LogP contribution in [-0.4, -0.2) is 0 Å². The molecular formula is C13H22. The minimum Gasteiger partial charge on any atom is -0.103 e. The van der Waals surface area contributed by atoms with E-state index in [1.807, 2.05) is 32.1 Å². The van der Waals surface area contributed by atoms with Gasteiger partial charge in [0.05, 0.1) is 0 Å². The Balaban J connectivity index is 0. The Labute approximate surface area is 83.4 Å². The predicted molar refractivity (Wildman–Crippen MR) is 63.9 cm³/mol. The van der Waals surface area contributed by atoms with Crippen LogP contribution in [0.5, 0.6) is 0 Å². The van der Waals surface area contributed by atoms with Gasteiger partial charge in [0, 0.05) is 0 Å². The van der Waals surface area contributed by atoms with E-state index in [1.165, 1.54) is 5.57 Å². The smallest absolute Gasteiger partial charge is 0.0144 e. The molecule has 0 spiro atoms. The summed E-state index contributed by atoms with van der Waals surface area (Å²) in [6.45, 7) is 13.3. The Kier molecular flexibility index (Phi) is 15.1. The van der Waals surface area contributed by atoms with Gasteiger partial charge in [-0.15, -0.1) is 13.2 Å². The average Bonchev–Trinajstić information content (AvgIpc) is 2.16. The van der Waals surface area contributed by atoms with Gasteiger partial charge >= 0.3 is 0 Å². The first-order valence-electron chi connectivity index (χ1n) is 4.67. The fourth-order valence-corrected chi connectivity index (χ4v) is 0.578. The summed E-state index contributed by atoms with van der Waals surface area (Å²) in [6.07, 6.45) is 12.0. The number of hydrogen-bond acceptors (Lipinski definition) is 0. The summed E-state index contributed by atoms with van der Waals surface area (Å²) >= 11 is 0. The van der Waals surface area contributed by atoms with Crippen LogP contribution in [0.15, 0.2) is 49.1 Å². The number of allylic oxidation sites excluding steroid dienone is 6. The maximum absolute atomic E-state index is 3.61. The molecule has 0 saturated heterocycles. The molecular weight excluding hydrogens is 156 g/mol. The van der Waals surface area contributed by atoms with Gasteiger partial charge in [0.15, 0.2) is 0 Å². The van der Waals surface area contributed by atoms with E-state index in [4.69, 9.17) is 0 Å². The van der Waals surface area contributed by atoms with Gasteiger partial charge in [-0.1, -0.05) is 36.0 Å². The molecule has 13 heavy (non-hydrogen) atoms. The van der Waals surface area contributed by atoms with Crippen LogP contribution >= 0.6 is 0 Å². The summed E-state index contributed by atoms with van der Waals surface area (Å²) < 4.78 is 0. The van der Waals surface area contributed by atoms with Crippen LogP contribution in [0.25, 0.3) is 0 Å². The van der Waals surface area contributed by atoms with Crippen molar-refractivity contribution in [3.8, 4) is 0 Å². The van der Waals surface area contributed by atoms with Gasteiger partial charge in [0.2, 0.25) is 0 Å². The van der Waals surface area contributed by atoms with Crippen LogP contribution < -0.4 is 0 Å². The first-order valence-corrected chi connectivity index (χ1v) is 4.67. The lowest BCUT2D eigenvalue weighted by Crippen LogP contribution is -1.66. The topological polar surface area (TPSA) is 0 Å². The molecule has 0 aromatic rings. The molecule has 0 aromatic heterocycles. The third kappa shape index (κ3) is 18.2. The van der Waals surface area contributed by atoms with Crippen molar-refractivity contribution in [2.45, 2.75) is 33.6 Å². The minimum absolute atomic E-state index is 0.997. The predicted octanol–water partition coefficient (Wildman–Crippen LogP) is 4.67. The Hall–Kier alpha value is -1.04. The summed E-state index contributed by atoms with van der Waals surface area (Å²) in [7, 11) is 0. The van der Waals surface area contributed by atoms with Crippen LogP contribution in [0, 0.1) is 0 Å². The van der Waals surface area contributed by atoms with Gasteiger partial charge in [-0.3, -0.25) is 0 Å². The van der Waals surface area contributed by atoms with Crippen molar-refractivity contribution in [1.29, 1.82) is 0 Å².